The summed E-state index contributed by atoms with van der Waals surface area (Å²) in [6, 6.07) is 10.1. The zero-order chi connectivity index (χ0) is 19.0. The highest BCUT2D eigenvalue weighted by Crippen LogP contribution is 2.36. The van der Waals surface area contributed by atoms with Gasteiger partial charge in [-0.1, -0.05) is 30.3 Å². The third kappa shape index (κ3) is 3.87. The second-order valence-corrected chi connectivity index (χ2v) is 10.1. The Balaban J connectivity index is 1.40. The van der Waals surface area contributed by atoms with E-state index in [1.165, 1.54) is 10.4 Å². The van der Waals surface area contributed by atoms with Gasteiger partial charge < -0.3 is 5.11 Å². The summed E-state index contributed by atoms with van der Waals surface area (Å²) in [6.45, 7) is 4.98. The van der Waals surface area contributed by atoms with E-state index in [1.807, 2.05) is 29.4 Å². The molecule has 2 unspecified atom stereocenters. The van der Waals surface area contributed by atoms with E-state index in [-0.39, 0.29) is 0 Å². The van der Waals surface area contributed by atoms with Gasteiger partial charge in [-0.05, 0) is 43.2 Å². The van der Waals surface area contributed by atoms with Crippen molar-refractivity contribution in [1.82, 2.24) is 8.61 Å². The van der Waals surface area contributed by atoms with Crippen LogP contribution >= 0.6 is 11.3 Å². The minimum Gasteiger partial charge on any atom is -0.478 e. The summed E-state index contributed by atoms with van der Waals surface area (Å²) in [6.07, 6.45) is 2.76. The summed E-state index contributed by atoms with van der Waals surface area (Å²) in [5.74, 6) is -0.449. The third-order valence-electron chi connectivity index (χ3n) is 5.46. The quantitative estimate of drug-likeness (QED) is 0.832. The van der Waals surface area contributed by atoms with Crippen molar-refractivity contribution >= 4 is 28.5 Å². The molecule has 1 fully saturated rings. The highest BCUT2D eigenvalue weighted by Gasteiger charge is 2.33. The maximum atomic E-state index is 12.9. The third-order valence-corrected chi connectivity index (χ3v) is 8.19. The molecule has 0 radical (unpaired) electrons. The van der Waals surface area contributed by atoms with Crippen LogP contribution in [0.2, 0.25) is 0 Å². The lowest BCUT2D eigenvalue weighted by Crippen LogP contribution is -2.33. The molecule has 2 atom stereocenters. The molecule has 2 heterocycles. The number of hydrogen-bond donors (Lipinski definition) is 1. The zero-order valence-electron chi connectivity index (χ0n) is 15.4. The minimum atomic E-state index is -1.11. The molecule has 5 nitrogen and oxygen atoms in total. The minimum absolute atomic E-state index is 0.366. The predicted octanol–water partition coefficient (Wildman–Crippen LogP) is 3.26. The number of rotatable bonds is 5. The highest BCUT2D eigenvalue weighted by atomic mass is 32.2. The Labute approximate surface area is 166 Å². The number of carboxylic acids is 1. The van der Waals surface area contributed by atoms with Crippen LogP contribution in [0.3, 0.4) is 0 Å². The number of fused-ring (bicyclic) bond motifs is 1. The smallest absolute Gasteiger partial charge is 0.337 e. The van der Waals surface area contributed by atoms with Crippen molar-refractivity contribution in [3.8, 4) is 0 Å². The predicted molar refractivity (Wildman–Crippen MR) is 108 cm³/mol. The van der Waals surface area contributed by atoms with Crippen LogP contribution in [0.5, 0.6) is 0 Å². The average molecular weight is 405 g/mol. The Morgan fingerprint density at radius 2 is 2.00 bits per heavy atom. The fraction of sp³-hybridized carbons (Fsp3) is 0.450. The summed E-state index contributed by atoms with van der Waals surface area (Å²) in [4.78, 5) is 13.8. The van der Waals surface area contributed by atoms with Crippen LogP contribution in [0, 0.1) is 12.8 Å². The number of benzene rings is 1. The van der Waals surface area contributed by atoms with Gasteiger partial charge in [0.15, 0.2) is 11.2 Å². The van der Waals surface area contributed by atoms with Crippen molar-refractivity contribution in [2.75, 3.05) is 19.6 Å². The van der Waals surface area contributed by atoms with E-state index in [0.717, 1.165) is 49.3 Å². The molecule has 1 N–H and O–H groups in total. The molecular formula is C20H24N2O3S2. The summed E-state index contributed by atoms with van der Waals surface area (Å²) >= 11 is 0.515. The molecule has 0 spiro atoms. The van der Waals surface area contributed by atoms with E-state index in [9.17, 15) is 14.1 Å². The fourth-order valence-corrected chi connectivity index (χ4v) is 6.75. The molecule has 1 aliphatic heterocycles. The van der Waals surface area contributed by atoms with E-state index < -0.39 is 17.1 Å². The number of nitrogens with zero attached hydrogens (tertiary/aromatic N) is 2. The van der Waals surface area contributed by atoms with Gasteiger partial charge >= 0.3 is 5.97 Å². The molecule has 0 amide bonds. The molecule has 27 heavy (non-hydrogen) atoms. The largest absolute Gasteiger partial charge is 0.478 e. The van der Waals surface area contributed by atoms with E-state index in [0.29, 0.717) is 18.0 Å². The summed E-state index contributed by atoms with van der Waals surface area (Å²) in [7, 11) is 0. The zero-order valence-corrected chi connectivity index (χ0v) is 17.0. The van der Waals surface area contributed by atoms with Crippen molar-refractivity contribution < 1.29 is 14.1 Å². The Bertz CT molecular complexity index is 866. The molecule has 4 rings (SSSR count). The summed E-state index contributed by atoms with van der Waals surface area (Å²) in [5.41, 5.74) is 2.70. The lowest BCUT2D eigenvalue weighted by Gasteiger charge is -2.26. The maximum Gasteiger partial charge on any atom is 0.337 e. The van der Waals surface area contributed by atoms with E-state index >= 15 is 0 Å². The maximum absolute atomic E-state index is 12.9. The van der Waals surface area contributed by atoms with Crippen LogP contribution in [0.15, 0.2) is 30.3 Å². The van der Waals surface area contributed by atoms with Crippen molar-refractivity contribution in [3.05, 3.63) is 56.8 Å². The Morgan fingerprint density at radius 3 is 2.74 bits per heavy atom. The van der Waals surface area contributed by atoms with Gasteiger partial charge in [-0.25, -0.2) is 17.6 Å². The van der Waals surface area contributed by atoms with Crippen LogP contribution in [-0.4, -0.2) is 43.5 Å². The topological polar surface area (TPSA) is 60.9 Å². The molecule has 1 aromatic heterocycles. The molecule has 1 aromatic carbocycles. The molecule has 0 saturated carbocycles. The Hall–Kier alpha value is -1.54. The first-order chi connectivity index (χ1) is 13.0. The molecule has 1 aliphatic carbocycles. The van der Waals surface area contributed by atoms with E-state index in [2.05, 4.69) is 16.4 Å². The van der Waals surface area contributed by atoms with Gasteiger partial charge in [0.1, 0.15) is 0 Å². The second-order valence-electron chi connectivity index (χ2n) is 7.32. The van der Waals surface area contributed by atoms with Gasteiger partial charge in [0.05, 0.1) is 5.56 Å². The normalized spacial score (nSPS) is 23.4. The number of carboxylic acid groups (broad SMARTS) is 1. The molecule has 2 aromatic rings. The molecular weight excluding hydrogens is 380 g/mol. The number of hydrogen-bond acceptors (Lipinski definition) is 3. The first-order valence-electron chi connectivity index (χ1n) is 9.33. The van der Waals surface area contributed by atoms with Crippen molar-refractivity contribution in [2.24, 2.45) is 5.92 Å². The van der Waals surface area contributed by atoms with Gasteiger partial charge in [0.25, 0.3) is 0 Å². The van der Waals surface area contributed by atoms with Gasteiger partial charge in [-0.3, -0.25) is 0 Å². The van der Waals surface area contributed by atoms with Crippen molar-refractivity contribution in [1.29, 1.82) is 0 Å². The van der Waals surface area contributed by atoms with E-state index in [1.54, 1.807) is 11.3 Å². The number of aromatic carboxylic acids is 1. The number of thiophene rings is 1. The first kappa shape index (κ1) is 18.8. The first-order valence-corrected chi connectivity index (χ1v) is 11.2. The summed E-state index contributed by atoms with van der Waals surface area (Å²) in [5, 5.41) is 9.54. The monoisotopic (exact) mass is 404 g/mol. The number of aryl methyl sites for hydroxylation is 2. The number of carbonyl (C=O) groups is 1. The van der Waals surface area contributed by atoms with E-state index in [4.69, 9.17) is 0 Å². The van der Waals surface area contributed by atoms with Crippen LogP contribution in [0.4, 0.5) is 0 Å². The lowest BCUT2D eigenvalue weighted by molar-refractivity contribution is 0.0695. The van der Waals surface area contributed by atoms with Crippen molar-refractivity contribution in [3.63, 3.8) is 0 Å². The molecule has 1 saturated heterocycles. The van der Waals surface area contributed by atoms with Gasteiger partial charge in [-0.15, -0.1) is 11.3 Å². The van der Waals surface area contributed by atoms with Gasteiger partial charge in [0.2, 0.25) is 0 Å². The average Bonchev–Trinajstić information content (AvgIpc) is 3.16. The van der Waals surface area contributed by atoms with Crippen LogP contribution in [-0.2, 0) is 30.6 Å². The van der Waals surface area contributed by atoms with Crippen LogP contribution in [0.25, 0.3) is 0 Å². The molecule has 0 bridgehead atoms. The SMILES string of the molecule is Cc1sc2c(c1C(=O)O)CC(CN1CCN(Cc3ccccc3)S1=O)CC2. The Morgan fingerprint density at radius 1 is 1.26 bits per heavy atom. The molecule has 144 valence electrons. The van der Waals surface area contributed by atoms with Crippen LogP contribution < -0.4 is 0 Å². The second kappa shape index (κ2) is 7.83. The standard InChI is InChI=1S/C20H24N2O3S2/c1-14-19(20(23)24)17-11-16(7-8-18(17)26-14)13-22-10-9-21(27(22)25)12-15-5-3-2-4-6-15/h2-6,16H,7-13H2,1H3,(H,23,24). The Kier molecular flexibility index (Phi) is 5.45. The lowest BCUT2D eigenvalue weighted by atomic mass is 9.86. The fourth-order valence-electron chi connectivity index (χ4n) is 4.14. The summed E-state index contributed by atoms with van der Waals surface area (Å²) < 4.78 is 16.9. The highest BCUT2D eigenvalue weighted by molar-refractivity contribution is 7.80. The van der Waals surface area contributed by atoms with Gasteiger partial charge in [0, 0.05) is 35.9 Å². The van der Waals surface area contributed by atoms with Crippen LogP contribution in [0.1, 0.15) is 37.7 Å². The molecule has 7 heteroatoms. The van der Waals surface area contributed by atoms with Crippen molar-refractivity contribution in [2.45, 2.75) is 32.7 Å². The molecule has 2 aliphatic rings. The van der Waals surface area contributed by atoms with Gasteiger partial charge in [-0.2, -0.15) is 0 Å².